The molecule has 7 heteroatoms. The summed E-state index contributed by atoms with van der Waals surface area (Å²) in [5.41, 5.74) is 6.79. The van der Waals surface area contributed by atoms with Crippen molar-refractivity contribution in [2.45, 2.75) is 26.3 Å². The van der Waals surface area contributed by atoms with Crippen LogP contribution in [-0.4, -0.2) is 39.1 Å². The van der Waals surface area contributed by atoms with Crippen LogP contribution in [0.15, 0.2) is 41.2 Å². The maximum atomic E-state index is 12.7. The van der Waals surface area contributed by atoms with E-state index in [0.717, 1.165) is 60.8 Å². The van der Waals surface area contributed by atoms with E-state index in [1.54, 1.807) is 11.3 Å². The van der Waals surface area contributed by atoms with E-state index >= 15 is 0 Å². The summed E-state index contributed by atoms with van der Waals surface area (Å²) in [6.45, 7) is 4.58. The number of anilines is 1. The van der Waals surface area contributed by atoms with E-state index in [0.29, 0.717) is 0 Å². The van der Waals surface area contributed by atoms with E-state index in [1.807, 2.05) is 42.1 Å². The van der Waals surface area contributed by atoms with Gasteiger partial charge in [-0.1, -0.05) is 12.1 Å². The highest BCUT2D eigenvalue weighted by molar-refractivity contribution is 7.07. The van der Waals surface area contributed by atoms with E-state index in [4.69, 9.17) is 0 Å². The first-order valence-corrected chi connectivity index (χ1v) is 10.1. The highest BCUT2D eigenvalue weighted by atomic mass is 32.1. The summed E-state index contributed by atoms with van der Waals surface area (Å²) in [5, 5.41) is 12.4. The molecule has 6 nitrogen and oxygen atoms in total. The van der Waals surface area contributed by atoms with Crippen LogP contribution in [0.4, 0.5) is 5.69 Å². The fourth-order valence-corrected chi connectivity index (χ4v) is 4.08. The number of H-pyrrole nitrogens is 1. The lowest BCUT2D eigenvalue weighted by Crippen LogP contribution is -2.40. The van der Waals surface area contributed by atoms with Crippen molar-refractivity contribution in [3.63, 3.8) is 0 Å². The molecule has 3 heterocycles. The van der Waals surface area contributed by atoms with E-state index in [-0.39, 0.29) is 11.8 Å². The fraction of sp³-hybridized carbons (Fsp3) is 0.350. The Balaban J connectivity index is 1.34. The number of thiazole rings is 1. The number of piperidine rings is 1. The Morgan fingerprint density at radius 1 is 1.37 bits per heavy atom. The van der Waals surface area contributed by atoms with Gasteiger partial charge in [0, 0.05) is 35.4 Å². The first kappa shape index (κ1) is 17.9. The lowest BCUT2D eigenvalue weighted by molar-refractivity contribution is -0.121. The summed E-state index contributed by atoms with van der Waals surface area (Å²) in [5.74, 6) is 0.108. The number of aromatic nitrogens is 3. The van der Waals surface area contributed by atoms with Crippen LogP contribution in [0.3, 0.4) is 0 Å². The molecule has 2 N–H and O–H groups in total. The van der Waals surface area contributed by atoms with Gasteiger partial charge in [-0.3, -0.25) is 14.8 Å². The minimum Gasteiger partial charge on any atom is -0.326 e. The van der Waals surface area contributed by atoms with Crippen LogP contribution in [-0.2, 0) is 11.3 Å². The van der Waals surface area contributed by atoms with Crippen LogP contribution in [0.1, 0.15) is 24.2 Å². The smallest absolute Gasteiger partial charge is 0.228 e. The molecule has 1 fully saturated rings. The van der Waals surface area contributed by atoms with Crippen LogP contribution in [0.25, 0.3) is 11.3 Å². The summed E-state index contributed by atoms with van der Waals surface area (Å²) in [7, 11) is 0. The van der Waals surface area contributed by atoms with Crippen LogP contribution in [0.5, 0.6) is 0 Å². The summed E-state index contributed by atoms with van der Waals surface area (Å²) in [6, 6.07) is 9.95. The number of hydrogen-bond acceptors (Lipinski definition) is 5. The second-order valence-electron chi connectivity index (χ2n) is 7.06. The molecular weight excluding hydrogens is 358 g/mol. The molecule has 140 valence electrons. The van der Waals surface area contributed by atoms with Crippen molar-refractivity contribution in [3.05, 3.63) is 52.6 Å². The quantitative estimate of drug-likeness (QED) is 0.707. The fourth-order valence-electron chi connectivity index (χ4n) is 3.52. The molecule has 1 aliphatic rings. The molecule has 4 rings (SSSR count). The number of rotatable bonds is 5. The van der Waals surface area contributed by atoms with Gasteiger partial charge in [0.1, 0.15) is 0 Å². The molecule has 0 spiro atoms. The number of likely N-dealkylation sites (tertiary alicyclic amines) is 1. The van der Waals surface area contributed by atoms with Gasteiger partial charge >= 0.3 is 0 Å². The highest BCUT2D eigenvalue weighted by Gasteiger charge is 2.26. The van der Waals surface area contributed by atoms with Gasteiger partial charge in [0.25, 0.3) is 0 Å². The zero-order valence-corrected chi connectivity index (χ0v) is 16.1. The second-order valence-corrected chi connectivity index (χ2v) is 7.78. The molecule has 0 saturated carbocycles. The van der Waals surface area contributed by atoms with Crippen molar-refractivity contribution in [1.82, 2.24) is 20.1 Å². The van der Waals surface area contributed by atoms with Crippen LogP contribution in [0.2, 0.25) is 0 Å². The lowest BCUT2D eigenvalue weighted by Gasteiger charge is -2.31. The van der Waals surface area contributed by atoms with E-state index in [1.165, 1.54) is 0 Å². The topological polar surface area (TPSA) is 73.9 Å². The number of amides is 1. The van der Waals surface area contributed by atoms with Crippen LogP contribution < -0.4 is 5.32 Å². The minimum atomic E-state index is 0.0111. The van der Waals surface area contributed by atoms with Gasteiger partial charge in [0.05, 0.1) is 22.8 Å². The van der Waals surface area contributed by atoms with Gasteiger partial charge in [-0.05, 0) is 44.5 Å². The molecule has 1 atom stereocenters. The molecule has 2 aromatic heterocycles. The maximum absolute atomic E-state index is 12.7. The summed E-state index contributed by atoms with van der Waals surface area (Å²) in [4.78, 5) is 19.3. The third kappa shape index (κ3) is 4.43. The van der Waals surface area contributed by atoms with Crippen molar-refractivity contribution >= 4 is 22.9 Å². The van der Waals surface area contributed by atoms with Crippen molar-refractivity contribution in [2.24, 2.45) is 5.92 Å². The van der Waals surface area contributed by atoms with Crippen LogP contribution in [0, 0.1) is 12.8 Å². The minimum absolute atomic E-state index is 0.0111. The monoisotopic (exact) mass is 381 g/mol. The average Bonchev–Trinajstić information content (AvgIpc) is 3.35. The molecular formula is C20H23N5OS. The Hall–Kier alpha value is -2.51. The summed E-state index contributed by atoms with van der Waals surface area (Å²) < 4.78 is 0. The lowest BCUT2D eigenvalue weighted by atomic mass is 9.97. The Labute approximate surface area is 162 Å². The summed E-state index contributed by atoms with van der Waals surface area (Å²) >= 11 is 1.58. The molecule has 0 aliphatic carbocycles. The molecule has 1 aliphatic heterocycles. The second kappa shape index (κ2) is 8.02. The SMILES string of the molecule is Cc1cc(CN2CCC[C@H](C(=O)Nc3ccc(-c4cscn4)cc3)C2)n[nH]1. The van der Waals surface area contributed by atoms with Gasteiger partial charge in [-0.2, -0.15) is 5.10 Å². The van der Waals surface area contributed by atoms with Crippen molar-refractivity contribution < 1.29 is 4.79 Å². The number of aromatic amines is 1. The number of carbonyl (C=O) groups is 1. The Kier molecular flexibility index (Phi) is 5.31. The Morgan fingerprint density at radius 2 is 2.22 bits per heavy atom. The van der Waals surface area contributed by atoms with Gasteiger partial charge in [0.15, 0.2) is 0 Å². The van der Waals surface area contributed by atoms with E-state index in [2.05, 4.69) is 31.5 Å². The number of benzene rings is 1. The Morgan fingerprint density at radius 3 is 2.93 bits per heavy atom. The zero-order chi connectivity index (χ0) is 18.6. The Bertz CT molecular complexity index is 888. The normalized spacial score (nSPS) is 17.7. The standard InChI is InChI=1S/C20H23N5OS/c1-14-9-18(24-23-14)11-25-8-2-3-16(10-25)20(26)22-17-6-4-15(5-7-17)19-12-27-13-21-19/h4-7,9,12-13,16H,2-3,8,10-11H2,1H3,(H,22,26)(H,23,24)/t16-/m0/s1. The third-order valence-electron chi connectivity index (χ3n) is 4.90. The predicted octanol–water partition coefficient (Wildman–Crippen LogP) is 3.69. The van der Waals surface area contributed by atoms with E-state index in [9.17, 15) is 4.79 Å². The molecule has 0 radical (unpaired) electrons. The molecule has 27 heavy (non-hydrogen) atoms. The molecule has 1 amide bonds. The van der Waals surface area contributed by atoms with Crippen molar-refractivity contribution in [2.75, 3.05) is 18.4 Å². The first-order valence-electron chi connectivity index (χ1n) is 9.20. The average molecular weight is 382 g/mol. The van der Waals surface area contributed by atoms with Crippen molar-refractivity contribution in [3.8, 4) is 11.3 Å². The van der Waals surface area contributed by atoms with E-state index < -0.39 is 0 Å². The van der Waals surface area contributed by atoms with Gasteiger partial charge in [-0.25, -0.2) is 4.98 Å². The predicted molar refractivity (Wildman–Crippen MR) is 108 cm³/mol. The third-order valence-corrected chi connectivity index (χ3v) is 5.49. The molecule has 0 unspecified atom stereocenters. The zero-order valence-electron chi connectivity index (χ0n) is 15.3. The summed E-state index contributed by atoms with van der Waals surface area (Å²) in [6.07, 6.45) is 1.96. The number of carbonyl (C=O) groups excluding carboxylic acids is 1. The number of hydrogen-bond donors (Lipinski definition) is 2. The molecule has 1 saturated heterocycles. The number of aryl methyl sites for hydroxylation is 1. The molecule has 0 bridgehead atoms. The van der Waals surface area contributed by atoms with Gasteiger partial charge in [0.2, 0.25) is 5.91 Å². The highest BCUT2D eigenvalue weighted by Crippen LogP contribution is 2.23. The number of nitrogens with one attached hydrogen (secondary N) is 2. The van der Waals surface area contributed by atoms with Crippen LogP contribution >= 0.6 is 11.3 Å². The van der Waals surface area contributed by atoms with Crippen molar-refractivity contribution in [1.29, 1.82) is 0 Å². The largest absolute Gasteiger partial charge is 0.326 e. The van der Waals surface area contributed by atoms with Gasteiger partial charge < -0.3 is 5.32 Å². The first-order chi connectivity index (χ1) is 13.2. The molecule has 1 aromatic carbocycles. The molecule has 3 aromatic rings. The van der Waals surface area contributed by atoms with Gasteiger partial charge in [-0.15, -0.1) is 11.3 Å². The number of nitrogens with zero attached hydrogens (tertiary/aromatic N) is 3. The maximum Gasteiger partial charge on any atom is 0.228 e.